The molecule has 0 spiro atoms. The van der Waals surface area contributed by atoms with E-state index in [4.69, 9.17) is 24.7 Å². The number of ether oxygens (including phenoxy) is 3. The second kappa shape index (κ2) is 12.3. The maximum absolute atomic E-state index is 12.3. The van der Waals surface area contributed by atoms with E-state index < -0.39 is 11.9 Å². The summed E-state index contributed by atoms with van der Waals surface area (Å²) in [4.78, 5) is 24.0. The van der Waals surface area contributed by atoms with Crippen molar-refractivity contribution >= 4 is 46.2 Å². The molecule has 1 amide bonds. The van der Waals surface area contributed by atoms with Crippen molar-refractivity contribution in [2.45, 2.75) is 13.8 Å². The van der Waals surface area contributed by atoms with Gasteiger partial charge in [0.05, 0.1) is 22.3 Å². The van der Waals surface area contributed by atoms with Crippen molar-refractivity contribution in [3.63, 3.8) is 0 Å². The predicted octanol–water partition coefficient (Wildman–Crippen LogP) is 4.31. The predicted molar refractivity (Wildman–Crippen MR) is 126 cm³/mol. The highest BCUT2D eigenvalue weighted by atomic mass is 127. The molecule has 0 saturated carbocycles. The summed E-state index contributed by atoms with van der Waals surface area (Å²) >= 11 is 2.03. The van der Waals surface area contributed by atoms with Crippen molar-refractivity contribution in [3.05, 3.63) is 56.7 Å². The van der Waals surface area contributed by atoms with Crippen molar-refractivity contribution in [2.75, 3.05) is 25.1 Å². The smallest absolute Gasteiger partial charge is 0.338 e. The molecule has 2 aromatic rings. The average Bonchev–Trinajstić information content (AvgIpc) is 2.77. The first-order valence-electron chi connectivity index (χ1n) is 9.59. The van der Waals surface area contributed by atoms with Crippen LogP contribution in [-0.2, 0) is 9.53 Å². The molecule has 0 unspecified atom stereocenters. The molecule has 0 aromatic heterocycles. The molecule has 0 aliphatic heterocycles. The Kier molecular flexibility index (Phi) is 9.51. The Hall–Kier alpha value is -3.57. The Bertz CT molecular complexity index is 1080. The second-order valence-corrected chi connectivity index (χ2v) is 7.34. The first-order chi connectivity index (χ1) is 15.4. The number of nitriles is 2. The van der Waals surface area contributed by atoms with Crippen LogP contribution in [0.1, 0.15) is 29.8 Å². The molecule has 9 heteroatoms. The highest BCUT2D eigenvalue weighted by molar-refractivity contribution is 14.1. The maximum atomic E-state index is 12.3. The largest absolute Gasteiger partial charge is 0.490 e. The average molecular weight is 545 g/mol. The monoisotopic (exact) mass is 545 g/mol. The second-order valence-electron chi connectivity index (χ2n) is 6.18. The Morgan fingerprint density at radius 3 is 2.34 bits per heavy atom. The van der Waals surface area contributed by atoms with Crippen LogP contribution in [0.4, 0.5) is 5.69 Å². The van der Waals surface area contributed by atoms with Gasteiger partial charge in [0, 0.05) is 5.69 Å². The molecule has 0 fully saturated rings. The van der Waals surface area contributed by atoms with Crippen LogP contribution in [0.25, 0.3) is 6.08 Å². The molecule has 8 nitrogen and oxygen atoms in total. The minimum atomic E-state index is -0.429. The molecular formula is C23H20IN3O5. The van der Waals surface area contributed by atoms with Crippen molar-refractivity contribution in [1.29, 1.82) is 10.5 Å². The van der Waals surface area contributed by atoms with Crippen LogP contribution >= 0.6 is 22.6 Å². The van der Waals surface area contributed by atoms with E-state index in [9.17, 15) is 9.59 Å². The number of rotatable bonds is 9. The van der Waals surface area contributed by atoms with E-state index in [1.54, 1.807) is 43.3 Å². The fourth-order valence-electron chi connectivity index (χ4n) is 2.57. The van der Waals surface area contributed by atoms with Crippen molar-refractivity contribution in [2.24, 2.45) is 0 Å². The summed E-state index contributed by atoms with van der Waals surface area (Å²) in [7, 11) is 0. The third-order valence-electron chi connectivity index (χ3n) is 3.91. The quantitative estimate of drug-likeness (QED) is 0.283. The lowest BCUT2D eigenvalue weighted by Crippen LogP contribution is -2.20. The number of hydrogen-bond donors (Lipinski definition) is 1. The van der Waals surface area contributed by atoms with E-state index >= 15 is 0 Å². The van der Waals surface area contributed by atoms with Crippen LogP contribution in [0.5, 0.6) is 11.5 Å². The molecular weight excluding hydrogens is 525 g/mol. The number of nitrogens with one attached hydrogen (secondary N) is 1. The van der Waals surface area contributed by atoms with E-state index in [0.29, 0.717) is 38.5 Å². The van der Waals surface area contributed by atoms with Crippen LogP contribution < -0.4 is 14.8 Å². The molecule has 0 aliphatic carbocycles. The molecule has 164 valence electrons. The zero-order chi connectivity index (χ0) is 23.5. The third-order valence-corrected chi connectivity index (χ3v) is 4.71. The first-order valence-corrected chi connectivity index (χ1v) is 10.7. The van der Waals surface area contributed by atoms with Gasteiger partial charge in [-0.05, 0) is 84.5 Å². The number of amides is 1. The molecule has 1 N–H and O–H groups in total. The van der Waals surface area contributed by atoms with Gasteiger partial charge in [0.15, 0.2) is 18.1 Å². The Morgan fingerprint density at radius 2 is 1.75 bits per heavy atom. The summed E-state index contributed by atoms with van der Waals surface area (Å²) in [5.74, 6) is -0.0469. The number of hydrogen-bond acceptors (Lipinski definition) is 7. The van der Waals surface area contributed by atoms with E-state index in [1.165, 1.54) is 6.08 Å². The van der Waals surface area contributed by atoms with Gasteiger partial charge in [0.1, 0.15) is 17.7 Å². The van der Waals surface area contributed by atoms with Gasteiger partial charge in [-0.25, -0.2) is 4.79 Å². The molecule has 0 heterocycles. The lowest BCUT2D eigenvalue weighted by atomic mass is 10.1. The van der Waals surface area contributed by atoms with E-state index in [-0.39, 0.29) is 18.8 Å². The SMILES string of the molecule is CCOC(=O)c1ccc(NC(=O)COc2c(I)cc(C=C(C#N)C#N)cc2OCC)cc1. The molecule has 2 rings (SSSR count). The summed E-state index contributed by atoms with van der Waals surface area (Å²) in [6.45, 7) is 3.91. The summed E-state index contributed by atoms with van der Waals surface area (Å²) in [6, 6.07) is 13.3. The summed E-state index contributed by atoms with van der Waals surface area (Å²) in [6.07, 6.45) is 1.45. The standard InChI is InChI=1S/C23H20IN3O5/c1-3-30-20-11-15(9-16(12-25)13-26)10-19(24)22(20)32-14-21(28)27-18-7-5-17(6-8-18)23(29)31-4-2/h5-11H,3-4,14H2,1-2H3,(H,27,28). The van der Waals surface area contributed by atoms with Gasteiger partial charge in [0.25, 0.3) is 5.91 Å². The van der Waals surface area contributed by atoms with Crippen LogP contribution in [0, 0.1) is 26.2 Å². The highest BCUT2D eigenvalue weighted by Gasteiger charge is 2.14. The molecule has 0 atom stereocenters. The van der Waals surface area contributed by atoms with E-state index in [0.717, 1.165) is 0 Å². The van der Waals surface area contributed by atoms with Gasteiger partial charge in [-0.15, -0.1) is 0 Å². The van der Waals surface area contributed by atoms with Crippen LogP contribution in [-0.4, -0.2) is 31.7 Å². The van der Waals surface area contributed by atoms with Crippen LogP contribution in [0.2, 0.25) is 0 Å². The van der Waals surface area contributed by atoms with Crippen molar-refractivity contribution in [3.8, 4) is 23.6 Å². The number of nitrogens with zero attached hydrogens (tertiary/aromatic N) is 2. The molecule has 0 radical (unpaired) electrons. The Labute approximate surface area is 199 Å². The summed E-state index contributed by atoms with van der Waals surface area (Å²) < 4.78 is 16.9. The molecule has 0 saturated heterocycles. The fourth-order valence-corrected chi connectivity index (χ4v) is 3.35. The van der Waals surface area contributed by atoms with Gasteiger partial charge < -0.3 is 19.5 Å². The van der Waals surface area contributed by atoms with Gasteiger partial charge in [0.2, 0.25) is 0 Å². The van der Waals surface area contributed by atoms with Gasteiger partial charge in [-0.1, -0.05) is 0 Å². The summed E-state index contributed by atoms with van der Waals surface area (Å²) in [5, 5.41) is 20.6. The number of carbonyl (C=O) groups is 2. The number of benzene rings is 2. The lowest BCUT2D eigenvalue weighted by molar-refractivity contribution is -0.118. The Balaban J connectivity index is 2.10. The molecule has 32 heavy (non-hydrogen) atoms. The maximum Gasteiger partial charge on any atom is 0.338 e. The van der Waals surface area contributed by atoms with Crippen LogP contribution in [0.15, 0.2) is 42.0 Å². The number of esters is 1. The van der Waals surface area contributed by atoms with Crippen LogP contribution in [0.3, 0.4) is 0 Å². The lowest BCUT2D eigenvalue weighted by Gasteiger charge is -2.15. The zero-order valence-corrected chi connectivity index (χ0v) is 19.6. The van der Waals surface area contributed by atoms with Gasteiger partial charge >= 0.3 is 5.97 Å². The van der Waals surface area contributed by atoms with Crippen molar-refractivity contribution < 1.29 is 23.8 Å². The number of halogens is 1. The van der Waals surface area contributed by atoms with E-state index in [2.05, 4.69) is 5.32 Å². The fraction of sp³-hybridized carbons (Fsp3) is 0.217. The van der Waals surface area contributed by atoms with Gasteiger partial charge in [-0.2, -0.15) is 10.5 Å². The van der Waals surface area contributed by atoms with Gasteiger partial charge in [-0.3, -0.25) is 4.79 Å². The molecule has 2 aromatic carbocycles. The minimum absolute atomic E-state index is 0.0368. The molecule has 0 aliphatic rings. The number of anilines is 1. The molecule has 0 bridgehead atoms. The van der Waals surface area contributed by atoms with E-state index in [1.807, 2.05) is 41.7 Å². The summed E-state index contributed by atoms with van der Waals surface area (Å²) in [5.41, 5.74) is 1.47. The number of allylic oxidation sites excluding steroid dienone is 1. The normalized spacial score (nSPS) is 9.66. The Morgan fingerprint density at radius 1 is 1.06 bits per heavy atom. The minimum Gasteiger partial charge on any atom is -0.490 e. The zero-order valence-electron chi connectivity index (χ0n) is 17.5. The third kappa shape index (κ3) is 7.00. The van der Waals surface area contributed by atoms with Crippen molar-refractivity contribution in [1.82, 2.24) is 0 Å². The highest BCUT2D eigenvalue weighted by Crippen LogP contribution is 2.35. The number of carbonyl (C=O) groups excluding carboxylic acids is 2. The first kappa shape index (κ1) is 24.7. The topological polar surface area (TPSA) is 121 Å².